The molecule has 5 nitrogen and oxygen atoms in total. The number of nitrogens with zero attached hydrogens (tertiary/aromatic N) is 1. The molecule has 6 heteroatoms. The van der Waals surface area contributed by atoms with Crippen LogP contribution in [0, 0.1) is 5.82 Å². The van der Waals surface area contributed by atoms with Crippen molar-refractivity contribution < 1.29 is 18.7 Å². The summed E-state index contributed by atoms with van der Waals surface area (Å²) in [5.74, 6) is -1.06. The van der Waals surface area contributed by atoms with Crippen LogP contribution in [0.25, 0.3) is 0 Å². The molecule has 1 aliphatic heterocycles. The summed E-state index contributed by atoms with van der Waals surface area (Å²) in [4.78, 5) is 26.5. The van der Waals surface area contributed by atoms with E-state index in [0.717, 1.165) is 25.9 Å². The number of amides is 2. The predicted octanol–water partition coefficient (Wildman–Crippen LogP) is 3.08. The molecular weight excluding hydrogens is 323 g/mol. The third-order valence-corrected chi connectivity index (χ3v) is 4.02. The zero-order valence-corrected chi connectivity index (χ0v) is 13.7. The van der Waals surface area contributed by atoms with Crippen LogP contribution < -0.4 is 10.1 Å². The number of carbonyl (C=O) groups is 2. The fraction of sp³-hybridized carbons (Fsp3) is 0.263. The molecule has 0 bridgehead atoms. The molecule has 1 aliphatic rings. The Hall–Kier alpha value is -2.89. The fourth-order valence-corrected chi connectivity index (χ4v) is 2.76. The minimum absolute atomic E-state index is 0.0130. The molecule has 2 aromatic carbocycles. The Morgan fingerprint density at radius 3 is 2.48 bits per heavy atom. The number of rotatable bonds is 5. The maximum Gasteiger partial charge on any atom is 0.262 e. The molecule has 0 atom stereocenters. The standard InChI is InChI=1S/C19H19FN2O3/c20-15-8-2-4-10-17(15)25-13-18(23)21-16-9-3-1-7-14(16)19(24)22-11-5-6-12-22/h1-4,7-10H,5-6,11-13H2,(H,21,23). The maximum atomic E-state index is 13.5. The predicted molar refractivity (Wildman–Crippen MR) is 92.1 cm³/mol. The van der Waals surface area contributed by atoms with Gasteiger partial charge in [0, 0.05) is 13.1 Å². The number of hydrogen-bond donors (Lipinski definition) is 1. The van der Waals surface area contributed by atoms with Crippen LogP contribution in [0.3, 0.4) is 0 Å². The summed E-state index contributed by atoms with van der Waals surface area (Å²) >= 11 is 0. The van der Waals surface area contributed by atoms with Crippen molar-refractivity contribution in [3.63, 3.8) is 0 Å². The van der Waals surface area contributed by atoms with Crippen molar-refractivity contribution in [1.29, 1.82) is 0 Å². The van der Waals surface area contributed by atoms with Gasteiger partial charge in [-0.25, -0.2) is 4.39 Å². The van der Waals surface area contributed by atoms with Crippen LogP contribution in [-0.2, 0) is 4.79 Å². The summed E-state index contributed by atoms with van der Waals surface area (Å²) in [6, 6.07) is 12.7. The van der Waals surface area contributed by atoms with Gasteiger partial charge in [-0.05, 0) is 37.1 Å². The minimum Gasteiger partial charge on any atom is -0.481 e. The van der Waals surface area contributed by atoms with Gasteiger partial charge in [0.2, 0.25) is 0 Å². The zero-order valence-electron chi connectivity index (χ0n) is 13.7. The fourth-order valence-electron chi connectivity index (χ4n) is 2.76. The van der Waals surface area contributed by atoms with Crippen LogP contribution in [0.2, 0.25) is 0 Å². The molecule has 0 unspecified atom stereocenters. The number of benzene rings is 2. The van der Waals surface area contributed by atoms with Crippen LogP contribution in [0.15, 0.2) is 48.5 Å². The molecular formula is C19H19FN2O3. The number of anilines is 1. The molecule has 3 rings (SSSR count). The molecule has 0 aromatic heterocycles. The van der Waals surface area contributed by atoms with E-state index < -0.39 is 11.7 Å². The van der Waals surface area contributed by atoms with Gasteiger partial charge in [-0.1, -0.05) is 24.3 Å². The topological polar surface area (TPSA) is 58.6 Å². The van der Waals surface area contributed by atoms with Gasteiger partial charge in [0.1, 0.15) is 0 Å². The lowest BCUT2D eigenvalue weighted by molar-refractivity contribution is -0.118. The van der Waals surface area contributed by atoms with Gasteiger partial charge in [-0.15, -0.1) is 0 Å². The molecule has 0 spiro atoms. The molecule has 2 amide bonds. The molecule has 1 saturated heterocycles. The van der Waals surface area contributed by atoms with Crippen molar-refractivity contribution in [3.05, 3.63) is 59.9 Å². The SMILES string of the molecule is O=C(COc1ccccc1F)Nc1ccccc1C(=O)N1CCCC1. The van der Waals surface area contributed by atoms with Crippen molar-refractivity contribution in [2.24, 2.45) is 0 Å². The maximum absolute atomic E-state index is 13.5. The minimum atomic E-state index is -0.528. The van der Waals surface area contributed by atoms with E-state index in [1.54, 1.807) is 41.3 Å². The summed E-state index contributed by atoms with van der Waals surface area (Å²) in [6.07, 6.45) is 1.99. The van der Waals surface area contributed by atoms with Crippen LogP contribution in [0.1, 0.15) is 23.2 Å². The van der Waals surface area contributed by atoms with Gasteiger partial charge in [-0.3, -0.25) is 9.59 Å². The Kier molecular flexibility index (Phi) is 5.28. The second kappa shape index (κ2) is 7.79. The van der Waals surface area contributed by atoms with E-state index in [0.29, 0.717) is 11.3 Å². The summed E-state index contributed by atoms with van der Waals surface area (Å²) in [6.45, 7) is 1.13. The number of likely N-dealkylation sites (tertiary alicyclic amines) is 1. The van der Waals surface area contributed by atoms with Gasteiger partial charge in [0.15, 0.2) is 18.2 Å². The lowest BCUT2D eigenvalue weighted by Gasteiger charge is -2.18. The molecule has 25 heavy (non-hydrogen) atoms. The molecule has 130 valence electrons. The van der Waals surface area contributed by atoms with Gasteiger partial charge >= 0.3 is 0 Å². The number of nitrogens with one attached hydrogen (secondary N) is 1. The van der Waals surface area contributed by atoms with Crippen LogP contribution in [-0.4, -0.2) is 36.4 Å². The quantitative estimate of drug-likeness (QED) is 0.908. The number of hydrogen-bond acceptors (Lipinski definition) is 3. The molecule has 2 aromatic rings. The van der Waals surface area contributed by atoms with Crippen LogP contribution >= 0.6 is 0 Å². The second-order valence-corrected chi connectivity index (χ2v) is 5.81. The van der Waals surface area contributed by atoms with Crippen molar-refractivity contribution >= 4 is 17.5 Å². The lowest BCUT2D eigenvalue weighted by Crippen LogP contribution is -2.29. The molecule has 1 fully saturated rings. The Bertz CT molecular complexity index is 773. The first-order valence-corrected chi connectivity index (χ1v) is 8.20. The summed E-state index contributed by atoms with van der Waals surface area (Å²) in [7, 11) is 0. The van der Waals surface area contributed by atoms with Crippen LogP contribution in [0.5, 0.6) is 5.75 Å². The number of ether oxygens (including phenoxy) is 1. The third-order valence-electron chi connectivity index (χ3n) is 4.02. The normalized spacial score (nSPS) is 13.6. The largest absolute Gasteiger partial charge is 0.481 e. The summed E-state index contributed by atoms with van der Waals surface area (Å²) < 4.78 is 18.7. The zero-order chi connectivity index (χ0) is 17.6. The van der Waals surface area contributed by atoms with Gasteiger partial charge in [-0.2, -0.15) is 0 Å². The van der Waals surface area contributed by atoms with E-state index in [4.69, 9.17) is 4.74 Å². The van der Waals surface area contributed by atoms with Crippen molar-refractivity contribution in [2.75, 3.05) is 25.0 Å². The third kappa shape index (κ3) is 4.15. The van der Waals surface area contributed by atoms with E-state index in [2.05, 4.69) is 5.32 Å². The second-order valence-electron chi connectivity index (χ2n) is 5.81. The lowest BCUT2D eigenvalue weighted by atomic mass is 10.1. The first-order valence-electron chi connectivity index (χ1n) is 8.20. The monoisotopic (exact) mass is 342 g/mol. The average molecular weight is 342 g/mol. The average Bonchev–Trinajstić information content (AvgIpc) is 3.15. The van der Waals surface area contributed by atoms with Gasteiger partial charge < -0.3 is 15.0 Å². The van der Waals surface area contributed by atoms with E-state index in [1.807, 2.05) is 0 Å². The molecule has 0 radical (unpaired) electrons. The van der Waals surface area contributed by atoms with Crippen molar-refractivity contribution in [1.82, 2.24) is 4.90 Å². The highest BCUT2D eigenvalue weighted by Gasteiger charge is 2.22. The number of halogens is 1. The van der Waals surface area contributed by atoms with Crippen LogP contribution in [0.4, 0.5) is 10.1 Å². The molecule has 1 N–H and O–H groups in total. The number of para-hydroxylation sites is 2. The van der Waals surface area contributed by atoms with Crippen molar-refractivity contribution in [2.45, 2.75) is 12.8 Å². The van der Waals surface area contributed by atoms with E-state index in [1.165, 1.54) is 12.1 Å². The molecule has 0 aliphatic carbocycles. The van der Waals surface area contributed by atoms with Crippen molar-refractivity contribution in [3.8, 4) is 5.75 Å². The van der Waals surface area contributed by atoms with Gasteiger partial charge in [0.05, 0.1) is 11.3 Å². The van der Waals surface area contributed by atoms with Gasteiger partial charge in [0.25, 0.3) is 11.8 Å². The summed E-state index contributed by atoms with van der Waals surface area (Å²) in [5, 5.41) is 2.67. The Morgan fingerprint density at radius 2 is 1.72 bits per heavy atom. The Balaban J connectivity index is 1.65. The Morgan fingerprint density at radius 1 is 1.04 bits per heavy atom. The van der Waals surface area contributed by atoms with E-state index in [9.17, 15) is 14.0 Å². The first-order chi connectivity index (χ1) is 12.1. The highest BCUT2D eigenvalue weighted by atomic mass is 19.1. The Labute approximate surface area is 145 Å². The summed E-state index contributed by atoms with van der Waals surface area (Å²) in [5.41, 5.74) is 0.880. The number of carbonyl (C=O) groups excluding carboxylic acids is 2. The highest BCUT2D eigenvalue weighted by molar-refractivity contribution is 6.04. The molecule has 0 saturated carbocycles. The van der Waals surface area contributed by atoms with E-state index >= 15 is 0 Å². The van der Waals surface area contributed by atoms with E-state index in [-0.39, 0.29) is 18.3 Å². The smallest absolute Gasteiger partial charge is 0.262 e. The first kappa shape index (κ1) is 17.0. The highest BCUT2D eigenvalue weighted by Crippen LogP contribution is 2.20. The molecule has 1 heterocycles.